The van der Waals surface area contributed by atoms with Gasteiger partial charge >= 0.3 is 10.4 Å². The van der Waals surface area contributed by atoms with E-state index in [1.54, 1.807) is 37.6 Å². The Kier molecular flexibility index (Phi) is 4.25. The molecule has 0 aromatic heterocycles. The Morgan fingerprint density at radius 3 is 1.47 bits per heavy atom. The summed E-state index contributed by atoms with van der Waals surface area (Å²) in [5.41, 5.74) is 3.12. The fraction of sp³-hybridized carbons (Fsp3) is 0.500. The summed E-state index contributed by atoms with van der Waals surface area (Å²) in [5, 5.41) is 0. The summed E-state index contributed by atoms with van der Waals surface area (Å²) in [6, 6.07) is 0. The first-order chi connectivity index (χ1) is 6.49. The van der Waals surface area contributed by atoms with Crippen molar-refractivity contribution in [3.8, 4) is 0 Å². The number of hydrogen-bond donors (Lipinski definition) is 0. The maximum absolute atomic E-state index is 13.3. The first-order valence-electron chi connectivity index (χ1n) is 4.51. The molecule has 0 saturated carbocycles. The van der Waals surface area contributed by atoms with E-state index in [9.17, 15) is 12.3 Å². The molecule has 88 valence electrons. The molecule has 0 aliphatic rings. The van der Waals surface area contributed by atoms with Crippen LogP contribution in [-0.2, 0) is 10.4 Å². The summed E-state index contributed by atoms with van der Waals surface area (Å²) in [5.74, 6) is 0. The van der Waals surface area contributed by atoms with Gasteiger partial charge in [0.05, 0.1) is 0 Å². The molecule has 0 bridgehead atoms. The highest BCUT2D eigenvalue weighted by Crippen LogP contribution is 2.26. The quantitative estimate of drug-likeness (QED) is 0.566. The molecule has 0 radical (unpaired) electrons. The van der Waals surface area contributed by atoms with Crippen LogP contribution in [0.15, 0.2) is 24.6 Å². The molecule has 0 heterocycles. The van der Waals surface area contributed by atoms with Gasteiger partial charge in [-0.05, 0) is 0 Å². The third-order valence-corrected chi connectivity index (χ3v) is 14.4. The summed E-state index contributed by atoms with van der Waals surface area (Å²) < 4.78 is 36.7. The predicted molar refractivity (Wildman–Crippen MR) is 67.2 cm³/mol. The van der Waals surface area contributed by atoms with Crippen molar-refractivity contribution >= 4 is 26.9 Å². The molecular weight excluding hydrogens is 249 g/mol. The van der Waals surface area contributed by atoms with E-state index in [4.69, 9.17) is 0 Å². The first-order valence-corrected chi connectivity index (χ1v) is 11.9. The number of hydrogen-bond acceptors (Lipinski definition) is 2. The van der Waals surface area contributed by atoms with Crippen molar-refractivity contribution in [3.63, 3.8) is 0 Å². The lowest BCUT2D eigenvalue weighted by atomic mass is 11.3. The van der Waals surface area contributed by atoms with Crippen LogP contribution in [-0.4, -0.2) is 28.5 Å². The molecule has 0 unspecified atom stereocenters. The van der Waals surface area contributed by atoms with Crippen molar-refractivity contribution in [2.45, 2.75) is 26.2 Å². The molecular formula is C8H18FNO2SSi2. The highest BCUT2D eigenvalue weighted by Gasteiger charge is 2.45. The first kappa shape index (κ1) is 14.8. The second kappa shape index (κ2) is 4.32. The summed E-state index contributed by atoms with van der Waals surface area (Å²) >= 11 is 0. The van der Waals surface area contributed by atoms with E-state index in [0.717, 1.165) is 3.64 Å². The van der Waals surface area contributed by atoms with Crippen LogP contribution in [0.2, 0.25) is 26.2 Å². The van der Waals surface area contributed by atoms with Crippen molar-refractivity contribution in [1.29, 1.82) is 0 Å². The molecule has 15 heavy (non-hydrogen) atoms. The zero-order valence-electron chi connectivity index (χ0n) is 9.62. The monoisotopic (exact) mass is 267 g/mol. The SMILES string of the molecule is C=C[Si](C)(C)N([Si](C)(C)C=C)S(=O)(=O)F. The van der Waals surface area contributed by atoms with E-state index < -0.39 is 26.9 Å². The molecule has 0 saturated heterocycles. The van der Waals surface area contributed by atoms with Crippen LogP contribution in [0.4, 0.5) is 3.89 Å². The molecule has 0 N–H and O–H groups in total. The van der Waals surface area contributed by atoms with Gasteiger partial charge in [0.25, 0.3) is 0 Å². The highest BCUT2D eigenvalue weighted by molar-refractivity contribution is 7.87. The third kappa shape index (κ3) is 3.37. The molecule has 0 spiro atoms. The van der Waals surface area contributed by atoms with E-state index >= 15 is 0 Å². The number of halogens is 1. The Morgan fingerprint density at radius 2 is 1.33 bits per heavy atom. The van der Waals surface area contributed by atoms with Gasteiger partial charge in [-0.3, -0.25) is 0 Å². The van der Waals surface area contributed by atoms with Crippen LogP contribution in [0.5, 0.6) is 0 Å². The van der Waals surface area contributed by atoms with Crippen LogP contribution in [0.25, 0.3) is 0 Å². The minimum Gasteiger partial charge on any atom is -0.213 e. The van der Waals surface area contributed by atoms with E-state index in [2.05, 4.69) is 13.2 Å². The Hall–Kier alpha value is -0.246. The average Bonchev–Trinajstić information content (AvgIpc) is 2.00. The molecule has 0 fully saturated rings. The molecule has 0 aliphatic carbocycles. The molecule has 0 rings (SSSR count). The lowest BCUT2D eigenvalue weighted by Crippen LogP contribution is -2.61. The number of nitrogens with zero attached hydrogens (tertiary/aromatic N) is 1. The van der Waals surface area contributed by atoms with Gasteiger partial charge in [0, 0.05) is 0 Å². The van der Waals surface area contributed by atoms with Gasteiger partial charge in [-0.2, -0.15) is 8.42 Å². The zero-order chi connectivity index (χ0) is 12.5. The summed E-state index contributed by atoms with van der Waals surface area (Å²) in [6.45, 7) is 14.2. The smallest absolute Gasteiger partial charge is 0.213 e. The normalized spacial score (nSPS) is 14.0. The summed E-state index contributed by atoms with van der Waals surface area (Å²) in [6.07, 6.45) is 0. The van der Waals surface area contributed by atoms with Crippen LogP contribution >= 0.6 is 0 Å². The molecule has 3 nitrogen and oxygen atoms in total. The van der Waals surface area contributed by atoms with Crippen molar-refractivity contribution in [1.82, 2.24) is 3.64 Å². The largest absolute Gasteiger partial charge is 0.363 e. The molecule has 0 atom stereocenters. The minimum atomic E-state index is -4.69. The maximum atomic E-state index is 13.3. The van der Waals surface area contributed by atoms with Gasteiger partial charge < -0.3 is 0 Å². The average molecular weight is 267 g/mol. The zero-order valence-corrected chi connectivity index (χ0v) is 12.4. The van der Waals surface area contributed by atoms with Gasteiger partial charge in [-0.1, -0.05) is 41.5 Å². The van der Waals surface area contributed by atoms with Crippen molar-refractivity contribution in [3.05, 3.63) is 24.6 Å². The predicted octanol–water partition coefficient (Wildman–Crippen LogP) is 2.36. The topological polar surface area (TPSA) is 37.4 Å². The molecule has 0 aromatic carbocycles. The lowest BCUT2D eigenvalue weighted by molar-refractivity contribution is 0.524. The molecule has 0 aromatic rings. The second-order valence-electron chi connectivity index (χ2n) is 4.42. The van der Waals surface area contributed by atoms with Crippen molar-refractivity contribution in [2.75, 3.05) is 0 Å². The van der Waals surface area contributed by atoms with Crippen LogP contribution in [0.3, 0.4) is 0 Å². The number of rotatable bonds is 5. The van der Waals surface area contributed by atoms with Crippen molar-refractivity contribution < 1.29 is 12.3 Å². The van der Waals surface area contributed by atoms with Crippen LogP contribution < -0.4 is 0 Å². The minimum absolute atomic E-state index is 1.02. The van der Waals surface area contributed by atoms with E-state index in [-0.39, 0.29) is 0 Å². The Labute approximate surface area is 93.8 Å². The highest BCUT2D eigenvalue weighted by atomic mass is 32.3. The lowest BCUT2D eigenvalue weighted by Gasteiger charge is -2.39. The third-order valence-electron chi connectivity index (χ3n) is 2.26. The van der Waals surface area contributed by atoms with E-state index in [1.807, 2.05) is 0 Å². The molecule has 7 heteroatoms. The van der Waals surface area contributed by atoms with Gasteiger partial charge in [0.15, 0.2) is 16.5 Å². The van der Waals surface area contributed by atoms with Crippen LogP contribution in [0.1, 0.15) is 0 Å². The molecule has 0 amide bonds. The molecule has 0 aliphatic heterocycles. The van der Waals surface area contributed by atoms with Gasteiger partial charge in [0.2, 0.25) is 0 Å². The van der Waals surface area contributed by atoms with Crippen LogP contribution in [0, 0.1) is 0 Å². The fourth-order valence-electron chi connectivity index (χ4n) is 1.47. The fourth-order valence-corrected chi connectivity index (χ4v) is 13.2. The standard InChI is InChI=1S/C8H18FNO2SSi2/c1-7-14(3,4)10(13(9,11)12)15(5,6)8-2/h7-8H,1-2H2,3-6H3. The Morgan fingerprint density at radius 1 is 1.07 bits per heavy atom. The Bertz CT molecular complexity index is 345. The van der Waals surface area contributed by atoms with Gasteiger partial charge in [-0.25, -0.2) is 3.64 Å². The second-order valence-corrected chi connectivity index (χ2v) is 15.0. The van der Waals surface area contributed by atoms with Gasteiger partial charge in [-0.15, -0.1) is 13.2 Å². The van der Waals surface area contributed by atoms with E-state index in [0.29, 0.717) is 0 Å². The van der Waals surface area contributed by atoms with Gasteiger partial charge in [0.1, 0.15) is 0 Å². The summed E-state index contributed by atoms with van der Waals surface area (Å²) in [4.78, 5) is 0. The van der Waals surface area contributed by atoms with E-state index in [1.165, 1.54) is 0 Å². The Balaban J connectivity index is 5.68. The maximum Gasteiger partial charge on any atom is 0.363 e. The summed E-state index contributed by atoms with van der Waals surface area (Å²) in [7, 11) is -9.64. The van der Waals surface area contributed by atoms with Crippen molar-refractivity contribution in [2.24, 2.45) is 0 Å².